The number of hydrogen-bond acceptors (Lipinski definition) is 3. The topological polar surface area (TPSA) is 28.2 Å². The molecular formula is C13H20BrN3. The van der Waals surface area contributed by atoms with E-state index in [1.165, 1.54) is 18.5 Å². The van der Waals surface area contributed by atoms with Gasteiger partial charge in [0.2, 0.25) is 0 Å². The van der Waals surface area contributed by atoms with Crippen molar-refractivity contribution in [2.45, 2.75) is 19.8 Å². The molecule has 1 fully saturated rings. The van der Waals surface area contributed by atoms with Gasteiger partial charge in [0.05, 0.1) is 10.2 Å². The lowest BCUT2D eigenvalue weighted by atomic mass is 9.97. The van der Waals surface area contributed by atoms with E-state index in [1.54, 1.807) is 0 Å². The van der Waals surface area contributed by atoms with E-state index >= 15 is 0 Å². The highest BCUT2D eigenvalue weighted by Gasteiger charge is 2.20. The van der Waals surface area contributed by atoms with Crippen molar-refractivity contribution < 1.29 is 0 Å². The molecule has 1 aliphatic rings. The second-order valence-corrected chi connectivity index (χ2v) is 5.44. The number of piperidine rings is 1. The smallest absolute Gasteiger partial charge is 0.0592 e. The quantitative estimate of drug-likeness (QED) is 0.926. The first kappa shape index (κ1) is 12.8. The van der Waals surface area contributed by atoms with E-state index < -0.39 is 0 Å². The van der Waals surface area contributed by atoms with Crippen LogP contribution in [-0.2, 0) is 0 Å². The van der Waals surface area contributed by atoms with Crippen molar-refractivity contribution in [2.24, 2.45) is 5.92 Å². The molecule has 0 bridgehead atoms. The molecule has 2 rings (SSSR count). The lowest BCUT2D eigenvalue weighted by molar-refractivity contribution is 0.395. The minimum absolute atomic E-state index is 0.767. The second-order valence-electron chi connectivity index (χ2n) is 4.59. The Labute approximate surface area is 112 Å². The van der Waals surface area contributed by atoms with Gasteiger partial charge in [-0.3, -0.25) is 4.98 Å². The van der Waals surface area contributed by atoms with Gasteiger partial charge in [0.1, 0.15) is 0 Å². The van der Waals surface area contributed by atoms with Crippen LogP contribution in [0.3, 0.4) is 0 Å². The van der Waals surface area contributed by atoms with Crippen LogP contribution in [0.5, 0.6) is 0 Å². The molecular weight excluding hydrogens is 278 g/mol. The van der Waals surface area contributed by atoms with Crippen molar-refractivity contribution in [3.05, 3.63) is 22.9 Å². The van der Waals surface area contributed by atoms with Crippen molar-refractivity contribution in [1.82, 2.24) is 10.3 Å². The van der Waals surface area contributed by atoms with E-state index in [2.05, 4.69) is 44.1 Å². The Morgan fingerprint density at radius 1 is 1.59 bits per heavy atom. The number of halogens is 1. The number of anilines is 1. The van der Waals surface area contributed by atoms with Gasteiger partial charge in [-0.05, 0) is 53.8 Å². The highest BCUT2D eigenvalue weighted by atomic mass is 79.9. The Hall–Kier alpha value is -0.610. The normalized spacial score (nSPS) is 20.6. The van der Waals surface area contributed by atoms with Crippen molar-refractivity contribution in [3.63, 3.8) is 0 Å². The summed E-state index contributed by atoms with van der Waals surface area (Å²) >= 11 is 3.58. The fourth-order valence-corrected chi connectivity index (χ4v) is 2.92. The van der Waals surface area contributed by atoms with Crippen LogP contribution in [0, 0.1) is 5.92 Å². The molecule has 0 aromatic carbocycles. The summed E-state index contributed by atoms with van der Waals surface area (Å²) in [5, 5.41) is 3.45. The van der Waals surface area contributed by atoms with E-state index in [0.717, 1.165) is 36.6 Å². The molecule has 4 heteroatoms. The van der Waals surface area contributed by atoms with E-state index in [1.807, 2.05) is 12.4 Å². The Morgan fingerprint density at radius 3 is 3.24 bits per heavy atom. The SMILES string of the molecule is CCNCC1CCCN(c2ccncc2Br)C1. The summed E-state index contributed by atoms with van der Waals surface area (Å²) in [7, 11) is 0. The molecule has 17 heavy (non-hydrogen) atoms. The molecule has 0 radical (unpaired) electrons. The second kappa shape index (κ2) is 6.36. The zero-order valence-corrected chi connectivity index (χ0v) is 11.9. The molecule has 2 heterocycles. The van der Waals surface area contributed by atoms with Crippen LogP contribution in [0.1, 0.15) is 19.8 Å². The average molecular weight is 298 g/mol. The van der Waals surface area contributed by atoms with Crippen molar-refractivity contribution >= 4 is 21.6 Å². The predicted octanol–water partition coefficient (Wildman–Crippen LogP) is 2.67. The van der Waals surface area contributed by atoms with Crippen LogP contribution in [0.15, 0.2) is 22.9 Å². The molecule has 1 atom stereocenters. The van der Waals surface area contributed by atoms with Gasteiger partial charge in [0.15, 0.2) is 0 Å². The van der Waals surface area contributed by atoms with Crippen molar-refractivity contribution in [1.29, 1.82) is 0 Å². The lowest BCUT2D eigenvalue weighted by Crippen LogP contribution is -2.39. The van der Waals surface area contributed by atoms with Gasteiger partial charge in [-0.15, -0.1) is 0 Å². The van der Waals surface area contributed by atoms with Crippen LogP contribution in [0.2, 0.25) is 0 Å². The summed E-state index contributed by atoms with van der Waals surface area (Å²) in [6, 6.07) is 2.10. The number of nitrogens with one attached hydrogen (secondary N) is 1. The fourth-order valence-electron chi connectivity index (χ4n) is 2.42. The molecule has 94 valence electrons. The van der Waals surface area contributed by atoms with Crippen LogP contribution >= 0.6 is 15.9 Å². The molecule has 0 aliphatic carbocycles. The molecule has 0 saturated carbocycles. The maximum absolute atomic E-state index is 4.12. The monoisotopic (exact) mass is 297 g/mol. The van der Waals surface area contributed by atoms with Gasteiger partial charge < -0.3 is 10.2 Å². The maximum atomic E-state index is 4.12. The number of nitrogens with zero attached hydrogens (tertiary/aromatic N) is 2. The third kappa shape index (κ3) is 3.42. The van der Waals surface area contributed by atoms with Crippen LogP contribution < -0.4 is 10.2 Å². The molecule has 1 saturated heterocycles. The maximum Gasteiger partial charge on any atom is 0.0592 e. The van der Waals surface area contributed by atoms with Gasteiger partial charge in [0.25, 0.3) is 0 Å². The van der Waals surface area contributed by atoms with E-state index in [-0.39, 0.29) is 0 Å². The van der Waals surface area contributed by atoms with Crippen molar-refractivity contribution in [2.75, 3.05) is 31.1 Å². The third-order valence-electron chi connectivity index (χ3n) is 3.29. The van der Waals surface area contributed by atoms with Crippen LogP contribution in [-0.4, -0.2) is 31.2 Å². The minimum atomic E-state index is 0.767. The number of aromatic nitrogens is 1. The number of hydrogen-bond donors (Lipinski definition) is 1. The Balaban J connectivity index is 1.99. The number of rotatable bonds is 4. The van der Waals surface area contributed by atoms with E-state index in [4.69, 9.17) is 0 Å². The summed E-state index contributed by atoms with van der Waals surface area (Å²) in [5.41, 5.74) is 1.28. The molecule has 0 amide bonds. The molecule has 1 aliphatic heterocycles. The van der Waals surface area contributed by atoms with Gasteiger partial charge in [-0.25, -0.2) is 0 Å². The first-order chi connectivity index (χ1) is 8.31. The summed E-state index contributed by atoms with van der Waals surface area (Å²) in [6.07, 6.45) is 6.37. The number of pyridine rings is 1. The van der Waals surface area contributed by atoms with Gasteiger partial charge in [0, 0.05) is 25.5 Å². The predicted molar refractivity (Wildman–Crippen MR) is 75.4 cm³/mol. The first-order valence-electron chi connectivity index (χ1n) is 6.36. The lowest BCUT2D eigenvalue weighted by Gasteiger charge is -2.35. The highest BCUT2D eigenvalue weighted by molar-refractivity contribution is 9.10. The summed E-state index contributed by atoms with van der Waals surface area (Å²) in [5.74, 6) is 0.767. The van der Waals surface area contributed by atoms with Gasteiger partial charge in [-0.2, -0.15) is 0 Å². The summed E-state index contributed by atoms with van der Waals surface area (Å²) < 4.78 is 1.10. The zero-order chi connectivity index (χ0) is 12.1. The van der Waals surface area contributed by atoms with E-state index in [9.17, 15) is 0 Å². The van der Waals surface area contributed by atoms with Gasteiger partial charge >= 0.3 is 0 Å². The summed E-state index contributed by atoms with van der Waals surface area (Å²) in [4.78, 5) is 6.59. The Kier molecular flexibility index (Phi) is 4.80. The largest absolute Gasteiger partial charge is 0.370 e. The Morgan fingerprint density at radius 2 is 2.47 bits per heavy atom. The highest BCUT2D eigenvalue weighted by Crippen LogP contribution is 2.28. The van der Waals surface area contributed by atoms with Crippen molar-refractivity contribution in [3.8, 4) is 0 Å². The van der Waals surface area contributed by atoms with Crippen LogP contribution in [0.25, 0.3) is 0 Å². The molecule has 1 N–H and O–H groups in total. The molecule has 1 aromatic rings. The van der Waals surface area contributed by atoms with Gasteiger partial charge in [-0.1, -0.05) is 6.92 Å². The standard InChI is InChI=1S/C13H20BrN3/c1-2-15-8-11-4-3-7-17(10-11)13-5-6-16-9-12(13)14/h5-6,9,11,15H,2-4,7-8,10H2,1H3. The summed E-state index contributed by atoms with van der Waals surface area (Å²) in [6.45, 7) is 6.67. The third-order valence-corrected chi connectivity index (χ3v) is 3.90. The van der Waals surface area contributed by atoms with E-state index in [0.29, 0.717) is 0 Å². The Bertz CT molecular complexity index is 356. The van der Waals surface area contributed by atoms with Crippen LogP contribution in [0.4, 0.5) is 5.69 Å². The molecule has 3 nitrogen and oxygen atoms in total. The fraction of sp³-hybridized carbons (Fsp3) is 0.615. The minimum Gasteiger partial charge on any atom is -0.370 e. The average Bonchev–Trinajstić information content (AvgIpc) is 2.37. The first-order valence-corrected chi connectivity index (χ1v) is 7.15. The molecule has 1 aromatic heterocycles. The molecule has 1 unspecified atom stereocenters. The zero-order valence-electron chi connectivity index (χ0n) is 10.3. The molecule has 0 spiro atoms.